The first-order chi connectivity index (χ1) is 9.47. The number of nitrogens with zero attached hydrogens (tertiary/aromatic N) is 1. The largest absolute Gasteiger partial charge is 0.352 e. The summed E-state index contributed by atoms with van der Waals surface area (Å²) in [5.41, 5.74) is 0.786. The van der Waals surface area contributed by atoms with Crippen molar-refractivity contribution in [3.8, 4) is 0 Å². The number of amides is 1. The molecular weight excluding hydrogens is 276 g/mol. The molecule has 1 fully saturated rings. The fourth-order valence-corrected chi connectivity index (χ4v) is 4.09. The molecule has 0 radical (unpaired) electrons. The summed E-state index contributed by atoms with van der Waals surface area (Å²) in [5, 5.41) is 2.80. The topological polar surface area (TPSA) is 66.5 Å². The lowest BCUT2D eigenvalue weighted by Gasteiger charge is -2.32. The minimum atomic E-state index is -3.32. The van der Waals surface area contributed by atoms with Crippen LogP contribution in [-0.2, 0) is 20.6 Å². The van der Waals surface area contributed by atoms with Gasteiger partial charge in [-0.15, -0.1) is 0 Å². The molecule has 0 aliphatic carbocycles. The maximum Gasteiger partial charge on any atom is 0.218 e. The van der Waals surface area contributed by atoms with Crippen molar-refractivity contribution in [1.82, 2.24) is 9.62 Å². The third-order valence-corrected chi connectivity index (χ3v) is 5.19. The molecule has 1 amide bonds. The third kappa shape index (κ3) is 4.05. The number of rotatable bonds is 4. The Balaban J connectivity index is 2.03. The van der Waals surface area contributed by atoms with Crippen molar-refractivity contribution in [2.45, 2.75) is 31.6 Å². The second kappa shape index (κ2) is 6.37. The smallest absolute Gasteiger partial charge is 0.218 e. The van der Waals surface area contributed by atoms with Crippen LogP contribution in [0.3, 0.4) is 0 Å². The quantitative estimate of drug-likeness (QED) is 0.905. The molecule has 1 aliphatic rings. The lowest BCUT2D eigenvalue weighted by Crippen LogP contribution is -2.49. The lowest BCUT2D eigenvalue weighted by atomic mass is 10.1. The van der Waals surface area contributed by atoms with E-state index < -0.39 is 10.0 Å². The Labute approximate surface area is 120 Å². The molecule has 0 bridgehead atoms. The van der Waals surface area contributed by atoms with Gasteiger partial charge in [0.2, 0.25) is 15.9 Å². The van der Waals surface area contributed by atoms with Crippen molar-refractivity contribution in [3.63, 3.8) is 0 Å². The van der Waals surface area contributed by atoms with Crippen LogP contribution in [0, 0.1) is 0 Å². The fraction of sp³-hybridized carbons (Fsp3) is 0.500. The van der Waals surface area contributed by atoms with E-state index >= 15 is 0 Å². The molecule has 1 N–H and O–H groups in total. The summed E-state index contributed by atoms with van der Waals surface area (Å²) in [5.74, 6) is -0.0991. The van der Waals surface area contributed by atoms with Crippen LogP contribution in [0.25, 0.3) is 0 Å². The molecule has 110 valence electrons. The maximum atomic E-state index is 12.4. The van der Waals surface area contributed by atoms with Crippen molar-refractivity contribution < 1.29 is 13.2 Å². The first-order valence-electron chi connectivity index (χ1n) is 6.76. The highest BCUT2D eigenvalue weighted by Gasteiger charge is 2.29. The molecule has 1 aromatic carbocycles. The monoisotopic (exact) mass is 296 g/mol. The van der Waals surface area contributed by atoms with E-state index in [1.807, 2.05) is 30.3 Å². The van der Waals surface area contributed by atoms with Crippen LogP contribution < -0.4 is 5.32 Å². The van der Waals surface area contributed by atoms with Gasteiger partial charge in [0.15, 0.2) is 0 Å². The van der Waals surface area contributed by atoms with E-state index in [1.165, 1.54) is 11.2 Å². The highest BCUT2D eigenvalue weighted by Crippen LogP contribution is 2.17. The summed E-state index contributed by atoms with van der Waals surface area (Å²) in [6.07, 6.45) is 1.61. The number of sulfonamides is 1. The van der Waals surface area contributed by atoms with Gasteiger partial charge in [-0.05, 0) is 18.4 Å². The molecular formula is C14H20N2O3S. The Hall–Kier alpha value is -1.40. The Bertz CT molecular complexity index is 557. The summed E-state index contributed by atoms with van der Waals surface area (Å²) in [6.45, 7) is 2.36. The van der Waals surface area contributed by atoms with Gasteiger partial charge in [-0.25, -0.2) is 8.42 Å². The van der Waals surface area contributed by atoms with Gasteiger partial charge < -0.3 is 5.32 Å². The standard InChI is InChI=1S/C14H20N2O3S/c1-12(17)15-14-8-5-9-16(10-14)20(18,19)11-13-6-3-2-4-7-13/h2-4,6-7,14H,5,8-11H2,1H3,(H,15,17)/t14-/m1/s1. The average Bonchev–Trinajstić information content (AvgIpc) is 2.39. The molecule has 0 unspecified atom stereocenters. The number of nitrogens with one attached hydrogen (secondary N) is 1. The van der Waals surface area contributed by atoms with Gasteiger partial charge >= 0.3 is 0 Å². The molecule has 1 aliphatic heterocycles. The van der Waals surface area contributed by atoms with Gasteiger partial charge in [-0.2, -0.15) is 4.31 Å². The second-order valence-electron chi connectivity index (χ2n) is 5.14. The van der Waals surface area contributed by atoms with E-state index in [2.05, 4.69) is 5.32 Å². The Morgan fingerprint density at radius 2 is 2.05 bits per heavy atom. The van der Waals surface area contributed by atoms with Crippen LogP contribution in [0.2, 0.25) is 0 Å². The summed E-state index contributed by atoms with van der Waals surface area (Å²) < 4.78 is 26.3. The van der Waals surface area contributed by atoms with E-state index in [-0.39, 0.29) is 17.7 Å². The van der Waals surface area contributed by atoms with Crippen molar-refractivity contribution in [2.75, 3.05) is 13.1 Å². The Morgan fingerprint density at radius 1 is 1.35 bits per heavy atom. The highest BCUT2D eigenvalue weighted by molar-refractivity contribution is 7.88. The normalized spacial score (nSPS) is 20.6. The van der Waals surface area contributed by atoms with Crippen molar-refractivity contribution in [3.05, 3.63) is 35.9 Å². The minimum absolute atomic E-state index is 0.0145. The summed E-state index contributed by atoms with van der Waals surface area (Å²) in [7, 11) is -3.32. The van der Waals surface area contributed by atoms with Gasteiger partial charge in [0, 0.05) is 26.1 Å². The zero-order valence-corrected chi connectivity index (χ0v) is 12.4. The molecule has 1 atom stereocenters. The summed E-state index contributed by atoms with van der Waals surface area (Å²) in [4.78, 5) is 11.1. The van der Waals surface area contributed by atoms with Crippen LogP contribution in [0.15, 0.2) is 30.3 Å². The third-order valence-electron chi connectivity index (χ3n) is 3.38. The molecule has 1 saturated heterocycles. The first kappa shape index (κ1) is 15.0. The lowest BCUT2D eigenvalue weighted by molar-refractivity contribution is -0.119. The van der Waals surface area contributed by atoms with Crippen molar-refractivity contribution in [1.29, 1.82) is 0 Å². The van der Waals surface area contributed by atoms with Crippen LogP contribution in [-0.4, -0.2) is 37.8 Å². The Morgan fingerprint density at radius 3 is 2.70 bits per heavy atom. The molecule has 1 aromatic rings. The first-order valence-corrected chi connectivity index (χ1v) is 8.37. The van der Waals surface area contributed by atoms with Gasteiger partial charge in [0.1, 0.15) is 0 Å². The van der Waals surface area contributed by atoms with Gasteiger partial charge in [0.05, 0.1) is 5.75 Å². The molecule has 20 heavy (non-hydrogen) atoms. The van der Waals surface area contributed by atoms with Crippen molar-refractivity contribution >= 4 is 15.9 Å². The molecule has 0 aromatic heterocycles. The molecule has 1 heterocycles. The zero-order valence-electron chi connectivity index (χ0n) is 11.6. The van der Waals surface area contributed by atoms with E-state index in [9.17, 15) is 13.2 Å². The number of hydrogen-bond acceptors (Lipinski definition) is 3. The summed E-state index contributed by atoms with van der Waals surface area (Å²) in [6, 6.07) is 9.08. The molecule has 5 nitrogen and oxygen atoms in total. The second-order valence-corrected chi connectivity index (χ2v) is 7.11. The highest BCUT2D eigenvalue weighted by atomic mass is 32.2. The van der Waals surface area contributed by atoms with E-state index in [0.29, 0.717) is 13.1 Å². The molecule has 2 rings (SSSR count). The van der Waals surface area contributed by atoms with Gasteiger partial charge in [0.25, 0.3) is 0 Å². The SMILES string of the molecule is CC(=O)N[C@@H]1CCCN(S(=O)(=O)Cc2ccccc2)C1. The number of carbonyl (C=O) groups is 1. The Kier molecular flexibility index (Phi) is 4.77. The predicted octanol–water partition coefficient (Wildman–Crippen LogP) is 1.12. The van der Waals surface area contributed by atoms with Crippen LogP contribution >= 0.6 is 0 Å². The minimum Gasteiger partial charge on any atom is -0.352 e. The van der Waals surface area contributed by atoms with Crippen LogP contribution in [0.1, 0.15) is 25.3 Å². The molecule has 6 heteroatoms. The number of piperidine rings is 1. The average molecular weight is 296 g/mol. The molecule has 0 saturated carbocycles. The fourth-order valence-electron chi connectivity index (χ4n) is 2.48. The van der Waals surface area contributed by atoms with E-state index in [1.54, 1.807) is 0 Å². The predicted molar refractivity (Wildman–Crippen MR) is 77.5 cm³/mol. The van der Waals surface area contributed by atoms with Gasteiger partial charge in [-0.1, -0.05) is 30.3 Å². The summed E-state index contributed by atoms with van der Waals surface area (Å²) >= 11 is 0. The molecule has 0 spiro atoms. The number of benzene rings is 1. The van der Waals surface area contributed by atoms with Gasteiger partial charge in [-0.3, -0.25) is 4.79 Å². The van der Waals surface area contributed by atoms with E-state index in [4.69, 9.17) is 0 Å². The van der Waals surface area contributed by atoms with Crippen molar-refractivity contribution in [2.24, 2.45) is 0 Å². The number of carbonyl (C=O) groups excluding carboxylic acids is 1. The maximum absolute atomic E-state index is 12.4. The van der Waals surface area contributed by atoms with Crippen LogP contribution in [0.4, 0.5) is 0 Å². The zero-order chi connectivity index (χ0) is 14.6. The van der Waals surface area contributed by atoms with E-state index in [0.717, 1.165) is 18.4 Å². The number of hydrogen-bond donors (Lipinski definition) is 1. The van der Waals surface area contributed by atoms with Crippen LogP contribution in [0.5, 0.6) is 0 Å².